The molecule has 0 atom stereocenters. The molecule has 1 heterocycles. The van der Waals surface area contributed by atoms with E-state index in [1.54, 1.807) is 0 Å². The van der Waals surface area contributed by atoms with Crippen LogP contribution in [0.15, 0.2) is 192 Å². The maximum atomic E-state index is 6.40. The smallest absolute Gasteiger partial charge is 0.136 e. The lowest BCUT2D eigenvalue weighted by Crippen LogP contribution is -2.16. The van der Waals surface area contributed by atoms with Crippen LogP contribution in [-0.4, -0.2) is 0 Å². The van der Waals surface area contributed by atoms with Crippen molar-refractivity contribution in [1.82, 2.24) is 0 Å². The van der Waals surface area contributed by atoms with Crippen LogP contribution in [0, 0.1) is 0 Å². The highest BCUT2D eigenvalue weighted by Crippen LogP contribution is 2.51. The van der Waals surface area contributed by atoms with Crippen LogP contribution < -0.4 is 4.90 Å². The molecule has 268 valence electrons. The van der Waals surface area contributed by atoms with Gasteiger partial charge in [-0.25, -0.2) is 0 Å². The Morgan fingerprint density at radius 3 is 1.95 bits per heavy atom. The molecule has 2 heteroatoms. The Labute approximate surface area is 330 Å². The Bertz CT molecular complexity index is 3450. The summed E-state index contributed by atoms with van der Waals surface area (Å²) in [7, 11) is 0. The van der Waals surface area contributed by atoms with E-state index in [0.717, 1.165) is 33.6 Å². The molecule has 10 aromatic carbocycles. The minimum absolute atomic E-state index is 0.111. The van der Waals surface area contributed by atoms with Gasteiger partial charge in [-0.2, -0.15) is 0 Å². The molecule has 0 radical (unpaired) electrons. The van der Waals surface area contributed by atoms with Gasteiger partial charge in [0.1, 0.15) is 11.2 Å². The van der Waals surface area contributed by atoms with E-state index in [4.69, 9.17) is 4.42 Å². The van der Waals surface area contributed by atoms with Gasteiger partial charge >= 0.3 is 0 Å². The van der Waals surface area contributed by atoms with Gasteiger partial charge in [0.05, 0.1) is 5.69 Å². The van der Waals surface area contributed by atoms with Crippen molar-refractivity contribution >= 4 is 82.1 Å². The summed E-state index contributed by atoms with van der Waals surface area (Å²) in [4.78, 5) is 2.45. The second-order valence-corrected chi connectivity index (χ2v) is 16.0. The zero-order valence-corrected chi connectivity index (χ0v) is 31.8. The van der Waals surface area contributed by atoms with Gasteiger partial charge in [0.25, 0.3) is 0 Å². The Morgan fingerprint density at radius 1 is 0.386 bits per heavy atom. The van der Waals surface area contributed by atoms with Gasteiger partial charge in [-0.15, -0.1) is 0 Å². The lowest BCUT2D eigenvalue weighted by Gasteiger charge is -2.29. The van der Waals surface area contributed by atoms with Gasteiger partial charge in [0, 0.05) is 38.3 Å². The van der Waals surface area contributed by atoms with E-state index < -0.39 is 0 Å². The average Bonchev–Trinajstić information content (AvgIpc) is 3.75. The predicted molar refractivity (Wildman–Crippen MR) is 241 cm³/mol. The van der Waals surface area contributed by atoms with E-state index in [1.807, 2.05) is 6.07 Å². The van der Waals surface area contributed by atoms with Crippen LogP contribution in [0.1, 0.15) is 25.0 Å². The van der Waals surface area contributed by atoms with Crippen LogP contribution in [-0.2, 0) is 5.41 Å². The molecule has 0 unspecified atom stereocenters. The first-order valence-corrected chi connectivity index (χ1v) is 19.8. The largest absolute Gasteiger partial charge is 0.456 e. The van der Waals surface area contributed by atoms with Gasteiger partial charge in [0.2, 0.25) is 0 Å². The molecule has 1 aromatic heterocycles. The molecule has 0 spiro atoms. The summed E-state index contributed by atoms with van der Waals surface area (Å²) >= 11 is 0. The summed E-state index contributed by atoms with van der Waals surface area (Å²) in [6.07, 6.45) is 0. The fourth-order valence-corrected chi connectivity index (χ4v) is 9.92. The number of hydrogen-bond donors (Lipinski definition) is 0. The van der Waals surface area contributed by atoms with E-state index in [0.29, 0.717) is 0 Å². The Morgan fingerprint density at radius 2 is 1.04 bits per heavy atom. The van der Waals surface area contributed by atoms with Gasteiger partial charge in [-0.3, -0.25) is 0 Å². The SMILES string of the molecule is CC1(C)c2ccccc2-c2ccc(N(c3cccc(-c4ccc5c6ccccc6c6c(ccc7oc8ccccc8c76)c5c4)c3)c3cccc4ccccc34)cc21. The number of nitrogens with zero attached hydrogens (tertiary/aromatic N) is 1. The minimum Gasteiger partial charge on any atom is -0.456 e. The molecule has 0 bridgehead atoms. The van der Waals surface area contributed by atoms with Crippen molar-refractivity contribution in [3.63, 3.8) is 0 Å². The first-order chi connectivity index (χ1) is 28.0. The number of furan rings is 1. The van der Waals surface area contributed by atoms with Crippen molar-refractivity contribution < 1.29 is 4.42 Å². The molecule has 0 amide bonds. The van der Waals surface area contributed by atoms with Crippen LogP contribution in [0.5, 0.6) is 0 Å². The molecular formula is C55H37NO. The van der Waals surface area contributed by atoms with Gasteiger partial charge < -0.3 is 9.32 Å². The summed E-state index contributed by atoms with van der Waals surface area (Å²) in [5.74, 6) is 0. The predicted octanol–water partition coefficient (Wildman–Crippen LogP) is 15.6. The standard InChI is InChI=1S/C55H37NO/c1-55(2)48-22-9-7-19-42(48)43-28-26-38(33-49(43)55)56(50-23-12-14-34-13-3-4-17-39(34)50)37-16-11-15-35(31-37)36-25-27-41-40-18-5-6-20-44(40)53-45(47(41)32-36)29-30-52-54(53)46-21-8-10-24-51(46)57-52/h3-33H,1-2H3. The van der Waals surface area contributed by atoms with Crippen molar-refractivity contribution in [1.29, 1.82) is 0 Å². The van der Waals surface area contributed by atoms with Crippen molar-refractivity contribution in [2.24, 2.45) is 0 Å². The van der Waals surface area contributed by atoms with Gasteiger partial charge in [-0.1, -0.05) is 147 Å². The minimum atomic E-state index is -0.111. The zero-order chi connectivity index (χ0) is 37.8. The Hall–Kier alpha value is -7.16. The third-order valence-corrected chi connectivity index (χ3v) is 12.6. The molecule has 2 nitrogen and oxygen atoms in total. The zero-order valence-electron chi connectivity index (χ0n) is 31.8. The van der Waals surface area contributed by atoms with Crippen molar-refractivity contribution in [2.45, 2.75) is 19.3 Å². The summed E-state index contributed by atoms with van der Waals surface area (Å²) in [6, 6.07) is 69.0. The number of fused-ring (bicyclic) bond motifs is 14. The summed E-state index contributed by atoms with van der Waals surface area (Å²) in [5, 5.41) is 12.2. The highest BCUT2D eigenvalue weighted by Gasteiger charge is 2.36. The number of rotatable bonds is 4. The van der Waals surface area contributed by atoms with E-state index in [-0.39, 0.29) is 5.41 Å². The molecule has 0 fully saturated rings. The summed E-state index contributed by atoms with van der Waals surface area (Å²) in [5.41, 5.74) is 12.9. The highest BCUT2D eigenvalue weighted by molar-refractivity contribution is 6.34. The molecule has 11 aromatic rings. The number of benzene rings is 10. The van der Waals surface area contributed by atoms with Crippen LogP contribution in [0.25, 0.3) is 87.3 Å². The molecule has 0 saturated carbocycles. The van der Waals surface area contributed by atoms with Crippen LogP contribution >= 0.6 is 0 Å². The lowest BCUT2D eigenvalue weighted by atomic mass is 9.82. The molecule has 1 aliphatic carbocycles. The second kappa shape index (κ2) is 11.9. The average molecular weight is 728 g/mol. The second-order valence-electron chi connectivity index (χ2n) is 16.0. The third-order valence-electron chi connectivity index (χ3n) is 12.6. The van der Waals surface area contributed by atoms with Crippen molar-refractivity contribution in [3.05, 3.63) is 199 Å². The van der Waals surface area contributed by atoms with E-state index in [2.05, 4.69) is 201 Å². The molecular weight excluding hydrogens is 691 g/mol. The maximum Gasteiger partial charge on any atom is 0.136 e. The fourth-order valence-electron chi connectivity index (χ4n) is 9.92. The maximum absolute atomic E-state index is 6.40. The van der Waals surface area contributed by atoms with Crippen molar-refractivity contribution in [2.75, 3.05) is 4.90 Å². The topological polar surface area (TPSA) is 16.4 Å². The molecule has 0 saturated heterocycles. The van der Waals surface area contributed by atoms with Crippen LogP contribution in [0.4, 0.5) is 17.1 Å². The molecule has 1 aliphatic rings. The normalized spacial score (nSPS) is 13.2. The van der Waals surface area contributed by atoms with E-state index in [9.17, 15) is 0 Å². The third kappa shape index (κ3) is 4.65. The van der Waals surface area contributed by atoms with E-state index >= 15 is 0 Å². The monoisotopic (exact) mass is 727 g/mol. The Balaban J connectivity index is 1.07. The van der Waals surface area contributed by atoms with Gasteiger partial charge in [0.15, 0.2) is 0 Å². The fraction of sp³-hybridized carbons (Fsp3) is 0.0545. The molecule has 57 heavy (non-hydrogen) atoms. The summed E-state index contributed by atoms with van der Waals surface area (Å²) in [6.45, 7) is 4.72. The van der Waals surface area contributed by atoms with Crippen molar-refractivity contribution in [3.8, 4) is 22.3 Å². The molecule has 0 aliphatic heterocycles. The quantitative estimate of drug-likeness (QED) is 0.168. The summed E-state index contributed by atoms with van der Waals surface area (Å²) < 4.78 is 6.40. The molecule has 12 rings (SSSR count). The van der Waals surface area contributed by atoms with Gasteiger partial charge in [-0.05, 0) is 120 Å². The highest BCUT2D eigenvalue weighted by atomic mass is 16.3. The number of para-hydroxylation sites is 1. The lowest BCUT2D eigenvalue weighted by molar-refractivity contribution is 0.660. The van der Waals surface area contributed by atoms with Crippen LogP contribution in [0.2, 0.25) is 0 Å². The molecule has 0 N–H and O–H groups in total. The number of hydrogen-bond acceptors (Lipinski definition) is 2. The first-order valence-electron chi connectivity index (χ1n) is 19.8. The number of anilines is 3. The van der Waals surface area contributed by atoms with E-state index in [1.165, 1.54) is 81.9 Å². The first kappa shape index (κ1) is 32.1. The Kier molecular flexibility index (Phi) is 6.72. The van der Waals surface area contributed by atoms with Crippen LogP contribution in [0.3, 0.4) is 0 Å².